The van der Waals surface area contributed by atoms with Gasteiger partial charge in [0.15, 0.2) is 0 Å². The Hall–Kier alpha value is -3.32. The van der Waals surface area contributed by atoms with Gasteiger partial charge in [0.05, 0.1) is 24.0 Å². The van der Waals surface area contributed by atoms with Crippen LogP contribution in [0.2, 0.25) is 5.02 Å². The van der Waals surface area contributed by atoms with Gasteiger partial charge < -0.3 is 19.9 Å². The molecule has 8 heteroatoms. The van der Waals surface area contributed by atoms with Crippen LogP contribution in [-0.2, 0) is 18.3 Å². The molecule has 2 amide bonds. The fraction of sp³-hybridized carbons (Fsp3) is 0.320. The summed E-state index contributed by atoms with van der Waals surface area (Å²) in [6.45, 7) is 3.14. The van der Waals surface area contributed by atoms with E-state index in [9.17, 15) is 9.59 Å². The Kier molecular flexibility index (Phi) is 6.70. The number of nitrogens with zero attached hydrogens (tertiary/aromatic N) is 3. The highest BCUT2D eigenvalue weighted by atomic mass is 35.5. The van der Waals surface area contributed by atoms with Crippen molar-refractivity contribution in [3.8, 4) is 17.0 Å². The summed E-state index contributed by atoms with van der Waals surface area (Å²) in [6, 6.07) is 11.1. The first-order valence-corrected chi connectivity index (χ1v) is 11.3. The summed E-state index contributed by atoms with van der Waals surface area (Å²) in [5.41, 5.74) is 9.41. The van der Waals surface area contributed by atoms with Crippen molar-refractivity contribution in [1.82, 2.24) is 14.5 Å². The van der Waals surface area contributed by atoms with Gasteiger partial charge in [-0.05, 0) is 42.3 Å². The van der Waals surface area contributed by atoms with E-state index in [1.54, 1.807) is 18.5 Å². The standard InChI is InChI=1S/C25H27ClN4O3/c1-16-3-4-17(11-21(16)26)12-24(31)30-9-7-19(8-10-30)33-23-6-5-18(13-20(23)25(27)32)22-14-29(2)15-28-22/h3-6,11,13-15,19H,7-10,12H2,1-2H3,(H2,27,32). The number of amides is 2. The summed E-state index contributed by atoms with van der Waals surface area (Å²) in [7, 11) is 1.88. The fourth-order valence-corrected chi connectivity index (χ4v) is 4.19. The number of ether oxygens (including phenoxy) is 1. The number of aryl methyl sites for hydroxylation is 2. The number of carbonyl (C=O) groups is 2. The number of piperidine rings is 1. The molecule has 0 bridgehead atoms. The lowest BCUT2D eigenvalue weighted by Crippen LogP contribution is -2.42. The summed E-state index contributed by atoms with van der Waals surface area (Å²) in [4.78, 5) is 31.0. The number of halogens is 1. The van der Waals surface area contributed by atoms with Crippen LogP contribution in [0.5, 0.6) is 5.75 Å². The molecule has 2 N–H and O–H groups in total. The van der Waals surface area contributed by atoms with Gasteiger partial charge in [-0.1, -0.05) is 23.7 Å². The Bertz CT molecular complexity index is 1180. The lowest BCUT2D eigenvalue weighted by molar-refractivity contribution is -0.132. The highest BCUT2D eigenvalue weighted by Gasteiger charge is 2.25. The van der Waals surface area contributed by atoms with Crippen LogP contribution in [0.15, 0.2) is 48.9 Å². The zero-order chi connectivity index (χ0) is 23.5. The predicted octanol–water partition coefficient (Wildman–Crippen LogP) is 3.76. The van der Waals surface area contributed by atoms with E-state index in [2.05, 4.69) is 4.98 Å². The molecule has 0 aliphatic carbocycles. The molecule has 2 heterocycles. The first-order valence-electron chi connectivity index (χ1n) is 10.9. The number of primary amides is 1. The Labute approximate surface area is 198 Å². The molecular formula is C25H27ClN4O3. The van der Waals surface area contributed by atoms with Crippen LogP contribution in [0.3, 0.4) is 0 Å². The Morgan fingerprint density at radius 1 is 1.18 bits per heavy atom. The van der Waals surface area contributed by atoms with E-state index in [1.807, 2.05) is 53.9 Å². The number of imidazole rings is 1. The topological polar surface area (TPSA) is 90.4 Å². The van der Waals surface area contributed by atoms with Gasteiger partial charge in [-0.2, -0.15) is 0 Å². The number of likely N-dealkylation sites (tertiary alicyclic amines) is 1. The minimum atomic E-state index is -0.549. The van der Waals surface area contributed by atoms with Crippen LogP contribution in [0.1, 0.15) is 34.3 Å². The van der Waals surface area contributed by atoms with Crippen molar-refractivity contribution < 1.29 is 14.3 Å². The van der Waals surface area contributed by atoms with Crippen LogP contribution in [-0.4, -0.2) is 45.5 Å². The van der Waals surface area contributed by atoms with E-state index in [0.29, 0.717) is 48.7 Å². The van der Waals surface area contributed by atoms with E-state index >= 15 is 0 Å². The smallest absolute Gasteiger partial charge is 0.252 e. The average molecular weight is 467 g/mol. The second-order valence-electron chi connectivity index (χ2n) is 8.46. The Balaban J connectivity index is 1.37. The number of hydrogen-bond donors (Lipinski definition) is 1. The molecule has 0 atom stereocenters. The first-order chi connectivity index (χ1) is 15.8. The summed E-state index contributed by atoms with van der Waals surface area (Å²) in [5, 5.41) is 0.673. The summed E-state index contributed by atoms with van der Waals surface area (Å²) >= 11 is 6.18. The third kappa shape index (κ3) is 5.37. The molecule has 0 unspecified atom stereocenters. The van der Waals surface area contributed by atoms with Crippen molar-refractivity contribution in [2.75, 3.05) is 13.1 Å². The van der Waals surface area contributed by atoms with Gasteiger partial charge in [0.2, 0.25) is 5.91 Å². The first kappa shape index (κ1) is 22.9. The van der Waals surface area contributed by atoms with Crippen molar-refractivity contribution in [3.63, 3.8) is 0 Å². The summed E-state index contributed by atoms with van der Waals surface area (Å²) in [6.07, 6.45) is 5.17. The van der Waals surface area contributed by atoms with Gasteiger partial charge in [-0.3, -0.25) is 9.59 Å². The Morgan fingerprint density at radius 2 is 1.94 bits per heavy atom. The van der Waals surface area contributed by atoms with Gasteiger partial charge in [0, 0.05) is 49.8 Å². The second kappa shape index (κ2) is 9.67. The van der Waals surface area contributed by atoms with Crippen molar-refractivity contribution in [1.29, 1.82) is 0 Å². The Morgan fingerprint density at radius 3 is 2.58 bits per heavy atom. The monoisotopic (exact) mass is 466 g/mol. The number of carbonyl (C=O) groups excluding carboxylic acids is 2. The molecule has 172 valence electrons. The molecule has 0 radical (unpaired) electrons. The third-order valence-electron chi connectivity index (χ3n) is 5.93. The molecule has 1 aliphatic rings. The molecule has 1 fully saturated rings. The van der Waals surface area contributed by atoms with Crippen molar-refractivity contribution >= 4 is 23.4 Å². The molecule has 33 heavy (non-hydrogen) atoms. The van der Waals surface area contributed by atoms with Crippen molar-refractivity contribution in [2.24, 2.45) is 12.8 Å². The van der Waals surface area contributed by atoms with Gasteiger partial charge in [-0.15, -0.1) is 0 Å². The van der Waals surface area contributed by atoms with Crippen molar-refractivity contribution in [3.05, 3.63) is 70.6 Å². The normalized spacial score (nSPS) is 14.3. The molecule has 1 aromatic heterocycles. The summed E-state index contributed by atoms with van der Waals surface area (Å²) < 4.78 is 7.98. The predicted molar refractivity (Wildman–Crippen MR) is 127 cm³/mol. The van der Waals surface area contributed by atoms with Gasteiger partial charge in [-0.25, -0.2) is 4.98 Å². The largest absolute Gasteiger partial charge is 0.489 e. The summed E-state index contributed by atoms with van der Waals surface area (Å²) in [5.74, 6) is -0.0145. The molecule has 1 aliphatic heterocycles. The molecule has 2 aromatic carbocycles. The second-order valence-corrected chi connectivity index (χ2v) is 8.87. The highest BCUT2D eigenvalue weighted by Crippen LogP contribution is 2.28. The molecule has 0 saturated carbocycles. The molecule has 4 rings (SSSR count). The van der Waals surface area contributed by atoms with Gasteiger partial charge in [0.1, 0.15) is 11.9 Å². The van der Waals surface area contributed by atoms with Crippen LogP contribution in [0, 0.1) is 6.92 Å². The van der Waals surface area contributed by atoms with Gasteiger partial charge >= 0.3 is 0 Å². The van der Waals surface area contributed by atoms with E-state index < -0.39 is 5.91 Å². The maximum absolute atomic E-state index is 12.7. The van der Waals surface area contributed by atoms with Crippen LogP contribution in [0.25, 0.3) is 11.3 Å². The fourth-order valence-electron chi connectivity index (χ4n) is 3.98. The minimum absolute atomic E-state index is 0.0749. The van der Waals surface area contributed by atoms with Crippen LogP contribution < -0.4 is 10.5 Å². The number of nitrogens with two attached hydrogens (primary N) is 1. The van der Waals surface area contributed by atoms with E-state index in [4.69, 9.17) is 22.1 Å². The van der Waals surface area contributed by atoms with E-state index in [-0.39, 0.29) is 12.0 Å². The molecule has 3 aromatic rings. The van der Waals surface area contributed by atoms with E-state index in [0.717, 1.165) is 22.4 Å². The zero-order valence-electron chi connectivity index (χ0n) is 18.8. The minimum Gasteiger partial charge on any atom is -0.489 e. The molecule has 7 nitrogen and oxygen atoms in total. The van der Waals surface area contributed by atoms with Crippen LogP contribution >= 0.6 is 11.6 Å². The maximum atomic E-state index is 12.7. The number of hydrogen-bond acceptors (Lipinski definition) is 4. The maximum Gasteiger partial charge on any atom is 0.252 e. The SMILES string of the molecule is Cc1ccc(CC(=O)N2CCC(Oc3ccc(-c4cn(C)cn4)cc3C(N)=O)CC2)cc1Cl. The molecular weight excluding hydrogens is 440 g/mol. The molecule has 0 spiro atoms. The lowest BCUT2D eigenvalue weighted by Gasteiger charge is -2.32. The average Bonchev–Trinajstić information content (AvgIpc) is 3.23. The van der Waals surface area contributed by atoms with Crippen LogP contribution in [0.4, 0.5) is 0 Å². The third-order valence-corrected chi connectivity index (χ3v) is 6.33. The number of aromatic nitrogens is 2. The quantitative estimate of drug-likeness (QED) is 0.598. The number of rotatable bonds is 6. The highest BCUT2D eigenvalue weighted by molar-refractivity contribution is 6.31. The zero-order valence-corrected chi connectivity index (χ0v) is 19.5. The molecule has 1 saturated heterocycles. The van der Waals surface area contributed by atoms with E-state index in [1.165, 1.54) is 0 Å². The lowest BCUT2D eigenvalue weighted by atomic mass is 10.0. The number of benzene rings is 2. The van der Waals surface area contributed by atoms with Crippen molar-refractivity contribution in [2.45, 2.75) is 32.3 Å². The van der Waals surface area contributed by atoms with Gasteiger partial charge in [0.25, 0.3) is 5.91 Å².